The fourth-order valence-corrected chi connectivity index (χ4v) is 3.15. The molecule has 3 rings (SSSR count). The minimum atomic E-state index is -0.229. The van der Waals surface area contributed by atoms with Crippen molar-refractivity contribution in [2.75, 3.05) is 21.3 Å². The third-order valence-corrected chi connectivity index (χ3v) is 4.50. The summed E-state index contributed by atoms with van der Waals surface area (Å²) in [6, 6.07) is 10.5. The van der Waals surface area contributed by atoms with E-state index in [1.807, 2.05) is 25.1 Å². The lowest BCUT2D eigenvalue weighted by atomic mass is 10.1. The molecule has 0 aliphatic rings. The Morgan fingerprint density at radius 2 is 1.97 bits per heavy atom. The summed E-state index contributed by atoms with van der Waals surface area (Å²) in [5.74, 6) is 1.22. The first kappa shape index (κ1) is 20.1. The lowest BCUT2D eigenvalue weighted by Crippen LogP contribution is -2.28. The molecule has 1 heterocycles. The van der Waals surface area contributed by atoms with Gasteiger partial charge < -0.3 is 19.4 Å². The monoisotopic (exact) mass is 393 g/mol. The van der Waals surface area contributed by atoms with Gasteiger partial charge in [0.15, 0.2) is 11.5 Å². The maximum Gasteiger partial charge on any atom is 0.258 e. The Balaban J connectivity index is 1.92. The van der Waals surface area contributed by atoms with E-state index in [0.29, 0.717) is 33.8 Å². The zero-order valence-corrected chi connectivity index (χ0v) is 16.9. The van der Waals surface area contributed by atoms with Crippen molar-refractivity contribution in [3.8, 4) is 11.5 Å². The smallest absolute Gasteiger partial charge is 0.258 e. The maximum atomic E-state index is 13.0. The Kier molecular flexibility index (Phi) is 5.97. The summed E-state index contributed by atoms with van der Waals surface area (Å²) < 4.78 is 10.8. The number of para-hydroxylation sites is 1. The number of ether oxygens (including phenoxy) is 2. The van der Waals surface area contributed by atoms with E-state index >= 15 is 0 Å². The summed E-state index contributed by atoms with van der Waals surface area (Å²) in [7, 11) is 4.74. The summed E-state index contributed by atoms with van der Waals surface area (Å²) in [4.78, 5) is 34.0. The lowest BCUT2D eigenvalue weighted by molar-refractivity contribution is 0.0781. The topological polar surface area (TPSA) is 84.5 Å². The number of aromatic amines is 1. The van der Waals surface area contributed by atoms with Crippen molar-refractivity contribution in [2.24, 2.45) is 0 Å². The fraction of sp³-hybridized carbons (Fsp3) is 0.227. The molecule has 150 valence electrons. The SMILES string of the molecule is C/C=C/c1cc(C(=O)N(C)Cc2nc3ccccc3c(=O)[nH]2)cc(OC)c1OC. The number of benzene rings is 2. The van der Waals surface area contributed by atoms with E-state index in [2.05, 4.69) is 9.97 Å². The van der Waals surface area contributed by atoms with Gasteiger partial charge in [-0.2, -0.15) is 0 Å². The number of hydrogen-bond acceptors (Lipinski definition) is 5. The second-order valence-electron chi connectivity index (χ2n) is 6.49. The van der Waals surface area contributed by atoms with Crippen LogP contribution >= 0.6 is 0 Å². The Hall–Kier alpha value is -3.61. The average Bonchev–Trinajstić information content (AvgIpc) is 2.72. The standard InChI is InChI=1S/C22H23N3O4/c1-5-8-14-11-15(12-18(28-3)20(14)29-4)22(27)25(2)13-19-23-17-10-7-6-9-16(17)21(26)24-19/h5-12H,13H2,1-4H3,(H,23,24,26)/b8-5+. The summed E-state index contributed by atoms with van der Waals surface area (Å²) in [6.45, 7) is 2.04. The molecule has 0 aliphatic carbocycles. The molecule has 0 fully saturated rings. The minimum absolute atomic E-state index is 0.159. The number of hydrogen-bond donors (Lipinski definition) is 1. The van der Waals surface area contributed by atoms with Crippen LogP contribution in [0, 0.1) is 0 Å². The van der Waals surface area contributed by atoms with Crippen molar-refractivity contribution < 1.29 is 14.3 Å². The summed E-state index contributed by atoms with van der Waals surface area (Å²) in [5, 5.41) is 0.515. The molecule has 2 aromatic carbocycles. The van der Waals surface area contributed by atoms with E-state index in [1.54, 1.807) is 44.5 Å². The summed E-state index contributed by atoms with van der Waals surface area (Å²) in [6.07, 6.45) is 3.71. The molecule has 0 radical (unpaired) electrons. The first-order chi connectivity index (χ1) is 14.0. The molecule has 7 nitrogen and oxygen atoms in total. The van der Waals surface area contributed by atoms with Gasteiger partial charge >= 0.3 is 0 Å². The molecule has 1 amide bonds. The van der Waals surface area contributed by atoms with Crippen molar-refractivity contribution in [2.45, 2.75) is 13.5 Å². The Bertz CT molecular complexity index is 1130. The molecule has 0 unspecified atom stereocenters. The van der Waals surface area contributed by atoms with Gasteiger partial charge in [-0.1, -0.05) is 24.3 Å². The van der Waals surface area contributed by atoms with Gasteiger partial charge in [0.2, 0.25) is 0 Å². The van der Waals surface area contributed by atoms with Crippen LogP contribution in [0.2, 0.25) is 0 Å². The van der Waals surface area contributed by atoms with Crippen LogP contribution in [0.1, 0.15) is 28.7 Å². The first-order valence-corrected chi connectivity index (χ1v) is 9.10. The van der Waals surface area contributed by atoms with Crippen LogP contribution in [0.5, 0.6) is 11.5 Å². The average molecular weight is 393 g/mol. The van der Waals surface area contributed by atoms with Crippen LogP contribution in [-0.2, 0) is 6.54 Å². The third kappa shape index (κ3) is 4.13. The van der Waals surface area contributed by atoms with E-state index in [4.69, 9.17) is 9.47 Å². The quantitative estimate of drug-likeness (QED) is 0.695. The largest absolute Gasteiger partial charge is 0.493 e. The molecule has 0 spiro atoms. The molecule has 7 heteroatoms. The van der Waals surface area contributed by atoms with Crippen LogP contribution in [0.15, 0.2) is 47.3 Å². The molecule has 0 saturated heterocycles. The molecule has 3 aromatic rings. The van der Waals surface area contributed by atoms with Crippen molar-refractivity contribution >= 4 is 22.9 Å². The van der Waals surface area contributed by atoms with Gasteiger partial charge in [0.1, 0.15) is 5.82 Å². The predicted molar refractivity (Wildman–Crippen MR) is 112 cm³/mol. The number of carbonyl (C=O) groups excluding carboxylic acids is 1. The molecule has 0 aliphatic heterocycles. The predicted octanol–water partition coefficient (Wildman–Crippen LogP) is 3.25. The van der Waals surface area contributed by atoms with E-state index < -0.39 is 0 Å². The van der Waals surface area contributed by atoms with E-state index in [1.165, 1.54) is 12.0 Å². The number of H-pyrrole nitrogens is 1. The number of carbonyl (C=O) groups is 1. The molecular formula is C22H23N3O4. The van der Waals surface area contributed by atoms with Gasteiger partial charge in [0.05, 0.1) is 31.7 Å². The van der Waals surface area contributed by atoms with Gasteiger partial charge in [-0.05, 0) is 31.2 Å². The highest BCUT2D eigenvalue weighted by Crippen LogP contribution is 2.34. The number of fused-ring (bicyclic) bond motifs is 1. The highest BCUT2D eigenvalue weighted by molar-refractivity contribution is 5.95. The lowest BCUT2D eigenvalue weighted by Gasteiger charge is -2.19. The number of allylic oxidation sites excluding steroid dienone is 1. The zero-order chi connectivity index (χ0) is 21.0. The van der Waals surface area contributed by atoms with E-state index in [9.17, 15) is 9.59 Å². The van der Waals surface area contributed by atoms with Gasteiger partial charge in [0, 0.05) is 18.2 Å². The van der Waals surface area contributed by atoms with Crippen molar-refractivity contribution in [3.05, 3.63) is 69.8 Å². The number of nitrogens with one attached hydrogen (secondary N) is 1. The van der Waals surface area contributed by atoms with Gasteiger partial charge in [-0.15, -0.1) is 0 Å². The molecular weight excluding hydrogens is 370 g/mol. The van der Waals surface area contributed by atoms with Crippen LogP contribution in [0.4, 0.5) is 0 Å². The number of methoxy groups -OCH3 is 2. The maximum absolute atomic E-state index is 13.0. The fourth-order valence-electron chi connectivity index (χ4n) is 3.15. The van der Waals surface area contributed by atoms with Gasteiger partial charge in [-0.3, -0.25) is 9.59 Å². The Labute approximate surface area is 168 Å². The van der Waals surface area contributed by atoms with Crippen molar-refractivity contribution in [1.29, 1.82) is 0 Å². The number of amides is 1. The Morgan fingerprint density at radius 1 is 1.21 bits per heavy atom. The minimum Gasteiger partial charge on any atom is -0.493 e. The van der Waals surface area contributed by atoms with Crippen molar-refractivity contribution in [3.63, 3.8) is 0 Å². The zero-order valence-electron chi connectivity index (χ0n) is 16.9. The summed E-state index contributed by atoms with van der Waals surface area (Å²) >= 11 is 0. The van der Waals surface area contributed by atoms with Crippen molar-refractivity contribution in [1.82, 2.24) is 14.9 Å². The molecule has 1 N–H and O–H groups in total. The molecule has 0 atom stereocenters. The number of aromatic nitrogens is 2. The van der Waals surface area contributed by atoms with Crippen LogP contribution < -0.4 is 15.0 Å². The normalized spacial score (nSPS) is 11.0. The number of nitrogens with zero attached hydrogens (tertiary/aromatic N) is 2. The van der Waals surface area contributed by atoms with Crippen LogP contribution in [0.25, 0.3) is 17.0 Å². The number of rotatable bonds is 6. The second-order valence-corrected chi connectivity index (χ2v) is 6.49. The van der Waals surface area contributed by atoms with E-state index in [0.717, 1.165) is 5.56 Å². The van der Waals surface area contributed by atoms with Gasteiger partial charge in [-0.25, -0.2) is 4.98 Å². The van der Waals surface area contributed by atoms with Crippen LogP contribution in [-0.4, -0.2) is 42.0 Å². The van der Waals surface area contributed by atoms with Gasteiger partial charge in [0.25, 0.3) is 11.5 Å². The molecule has 1 aromatic heterocycles. The molecule has 0 saturated carbocycles. The van der Waals surface area contributed by atoms with Crippen LogP contribution in [0.3, 0.4) is 0 Å². The Morgan fingerprint density at radius 3 is 2.66 bits per heavy atom. The highest BCUT2D eigenvalue weighted by atomic mass is 16.5. The first-order valence-electron chi connectivity index (χ1n) is 9.10. The molecule has 0 bridgehead atoms. The third-order valence-electron chi connectivity index (χ3n) is 4.50. The molecule has 29 heavy (non-hydrogen) atoms. The highest BCUT2D eigenvalue weighted by Gasteiger charge is 2.19. The van der Waals surface area contributed by atoms with E-state index in [-0.39, 0.29) is 18.0 Å². The summed E-state index contributed by atoms with van der Waals surface area (Å²) in [5.41, 5.74) is 1.55. The second kappa shape index (κ2) is 8.60.